The fourth-order valence-corrected chi connectivity index (χ4v) is 4.28. The summed E-state index contributed by atoms with van der Waals surface area (Å²) in [5, 5.41) is 0. The smallest absolute Gasteiger partial charge is 0.0462 e. The third kappa shape index (κ3) is 5.26. The van der Waals surface area contributed by atoms with Crippen LogP contribution in [0.3, 0.4) is 0 Å². The molecule has 1 heteroatoms. The highest BCUT2D eigenvalue weighted by Gasteiger charge is 2.13. The van der Waals surface area contributed by atoms with Crippen molar-refractivity contribution in [2.75, 3.05) is 4.90 Å². The number of rotatable bonds is 6. The maximum absolute atomic E-state index is 2.31. The van der Waals surface area contributed by atoms with Crippen LogP contribution < -0.4 is 4.90 Å². The van der Waals surface area contributed by atoms with E-state index in [1.807, 2.05) is 6.07 Å². The van der Waals surface area contributed by atoms with E-state index >= 15 is 0 Å². The third-order valence-corrected chi connectivity index (χ3v) is 6.24. The summed E-state index contributed by atoms with van der Waals surface area (Å²) in [7, 11) is 0. The average molecular weight is 452 g/mol. The fraction of sp³-hybridized carbons (Fsp3) is 0.0588. The first-order chi connectivity index (χ1) is 17.2. The molecule has 1 nitrogen and oxygen atoms in total. The van der Waals surface area contributed by atoms with Crippen molar-refractivity contribution in [3.8, 4) is 11.1 Å². The molecule has 0 aliphatic heterocycles. The molecule has 35 heavy (non-hydrogen) atoms. The van der Waals surface area contributed by atoms with Crippen molar-refractivity contribution in [3.63, 3.8) is 0 Å². The summed E-state index contributed by atoms with van der Waals surface area (Å²) in [4.78, 5) is 2.31. The summed E-state index contributed by atoms with van der Waals surface area (Å²) in [5.74, 6) is 0. The lowest BCUT2D eigenvalue weighted by molar-refractivity contribution is 1.27. The number of benzene rings is 5. The average Bonchev–Trinajstić information content (AvgIpc) is 2.91. The van der Waals surface area contributed by atoms with Crippen LogP contribution in [0.15, 0.2) is 127 Å². The molecule has 0 aromatic heterocycles. The number of hydrogen-bond acceptors (Lipinski definition) is 1. The Hall–Kier alpha value is -4.36. The number of nitrogens with zero attached hydrogens (tertiary/aromatic N) is 1. The SMILES string of the molecule is Cc1ccc(N(c2ccc(C)cc2)c2ccc(-c3ccccc3C=Cc3ccccc3)cc2)cc1. The largest absolute Gasteiger partial charge is 0.311 e. The summed E-state index contributed by atoms with van der Waals surface area (Å²) >= 11 is 0. The zero-order valence-corrected chi connectivity index (χ0v) is 20.2. The van der Waals surface area contributed by atoms with Crippen LogP contribution >= 0.6 is 0 Å². The summed E-state index contributed by atoms with van der Waals surface area (Å²) in [5.41, 5.74) is 10.8. The van der Waals surface area contributed by atoms with Crippen molar-refractivity contribution in [3.05, 3.63) is 150 Å². The van der Waals surface area contributed by atoms with E-state index in [2.05, 4.69) is 152 Å². The Morgan fingerprint density at radius 3 is 1.51 bits per heavy atom. The predicted molar refractivity (Wildman–Crippen MR) is 151 cm³/mol. The van der Waals surface area contributed by atoms with Crippen molar-refractivity contribution in [2.24, 2.45) is 0 Å². The second-order valence-corrected chi connectivity index (χ2v) is 8.88. The van der Waals surface area contributed by atoms with Gasteiger partial charge >= 0.3 is 0 Å². The lowest BCUT2D eigenvalue weighted by Gasteiger charge is -2.26. The first kappa shape index (κ1) is 22.4. The minimum atomic E-state index is 1.14. The molecule has 5 rings (SSSR count). The van der Waals surface area contributed by atoms with Gasteiger partial charge in [-0.15, -0.1) is 0 Å². The topological polar surface area (TPSA) is 3.24 Å². The molecule has 0 atom stereocenters. The quantitative estimate of drug-likeness (QED) is 0.232. The third-order valence-electron chi connectivity index (χ3n) is 6.24. The monoisotopic (exact) mass is 451 g/mol. The Kier molecular flexibility index (Phi) is 6.59. The molecule has 170 valence electrons. The van der Waals surface area contributed by atoms with E-state index in [-0.39, 0.29) is 0 Å². The second kappa shape index (κ2) is 10.3. The van der Waals surface area contributed by atoms with Crippen molar-refractivity contribution < 1.29 is 0 Å². The Labute approximate surface area is 208 Å². The fourth-order valence-electron chi connectivity index (χ4n) is 4.28. The van der Waals surface area contributed by atoms with Crippen LogP contribution in [0.2, 0.25) is 0 Å². The molecule has 5 aromatic rings. The molecule has 5 aromatic carbocycles. The first-order valence-electron chi connectivity index (χ1n) is 12.0. The number of anilines is 3. The maximum atomic E-state index is 2.31. The summed E-state index contributed by atoms with van der Waals surface area (Å²) in [6, 6.07) is 45.3. The summed E-state index contributed by atoms with van der Waals surface area (Å²) < 4.78 is 0. The molecule has 0 saturated heterocycles. The first-order valence-corrected chi connectivity index (χ1v) is 12.0. The van der Waals surface area contributed by atoms with Gasteiger partial charge in [0.1, 0.15) is 0 Å². The minimum Gasteiger partial charge on any atom is -0.311 e. The van der Waals surface area contributed by atoms with Gasteiger partial charge in [0.2, 0.25) is 0 Å². The summed E-state index contributed by atoms with van der Waals surface area (Å²) in [6.07, 6.45) is 4.37. The molecular weight excluding hydrogens is 422 g/mol. The normalized spacial score (nSPS) is 11.0. The molecule has 0 unspecified atom stereocenters. The lowest BCUT2D eigenvalue weighted by atomic mass is 9.98. The molecule has 0 amide bonds. The van der Waals surface area contributed by atoms with E-state index in [0.717, 1.165) is 17.1 Å². The van der Waals surface area contributed by atoms with E-state index in [0.29, 0.717) is 0 Å². The van der Waals surface area contributed by atoms with E-state index < -0.39 is 0 Å². The molecule has 0 fully saturated rings. The van der Waals surface area contributed by atoms with Gasteiger partial charge in [0.25, 0.3) is 0 Å². The van der Waals surface area contributed by atoms with Gasteiger partial charge in [0.15, 0.2) is 0 Å². The molecule has 0 aliphatic carbocycles. The summed E-state index contributed by atoms with van der Waals surface area (Å²) in [6.45, 7) is 4.25. The standard InChI is InChI=1S/C34H29N/c1-26-12-20-31(21-13-26)35(32-22-14-27(2)15-23-32)33-24-18-30(19-25-33)34-11-7-6-10-29(34)17-16-28-8-4-3-5-9-28/h3-25H,1-2H3. The Bertz CT molecular complexity index is 1370. The Morgan fingerprint density at radius 2 is 0.943 bits per heavy atom. The van der Waals surface area contributed by atoms with Crippen LogP contribution in [0.5, 0.6) is 0 Å². The molecule has 0 aliphatic rings. The van der Waals surface area contributed by atoms with Crippen molar-refractivity contribution in [2.45, 2.75) is 13.8 Å². The maximum Gasteiger partial charge on any atom is 0.0462 e. The van der Waals surface area contributed by atoms with Crippen LogP contribution in [0.4, 0.5) is 17.1 Å². The van der Waals surface area contributed by atoms with Gasteiger partial charge < -0.3 is 4.90 Å². The second-order valence-electron chi connectivity index (χ2n) is 8.88. The predicted octanol–water partition coefficient (Wildman–Crippen LogP) is 9.61. The Balaban J connectivity index is 1.50. The van der Waals surface area contributed by atoms with E-state index in [1.165, 1.54) is 33.4 Å². The van der Waals surface area contributed by atoms with Gasteiger partial charge in [-0.2, -0.15) is 0 Å². The van der Waals surface area contributed by atoms with Crippen LogP contribution in [0, 0.1) is 13.8 Å². The molecule has 0 heterocycles. The molecular formula is C34H29N. The van der Waals surface area contributed by atoms with Crippen molar-refractivity contribution >= 4 is 29.2 Å². The van der Waals surface area contributed by atoms with Gasteiger partial charge in [0.05, 0.1) is 0 Å². The van der Waals surface area contributed by atoms with Crippen LogP contribution in [-0.4, -0.2) is 0 Å². The highest BCUT2D eigenvalue weighted by molar-refractivity contribution is 5.83. The zero-order valence-electron chi connectivity index (χ0n) is 20.2. The lowest BCUT2D eigenvalue weighted by Crippen LogP contribution is -2.09. The zero-order chi connectivity index (χ0) is 24.0. The highest BCUT2D eigenvalue weighted by atomic mass is 15.1. The van der Waals surface area contributed by atoms with Crippen molar-refractivity contribution in [1.29, 1.82) is 0 Å². The van der Waals surface area contributed by atoms with E-state index in [9.17, 15) is 0 Å². The van der Waals surface area contributed by atoms with Crippen LogP contribution in [-0.2, 0) is 0 Å². The number of aryl methyl sites for hydroxylation is 2. The van der Waals surface area contributed by atoms with Gasteiger partial charge in [-0.3, -0.25) is 0 Å². The van der Waals surface area contributed by atoms with Crippen LogP contribution in [0.1, 0.15) is 22.3 Å². The van der Waals surface area contributed by atoms with E-state index in [4.69, 9.17) is 0 Å². The molecule has 0 saturated carbocycles. The van der Waals surface area contributed by atoms with Gasteiger partial charge in [-0.1, -0.05) is 114 Å². The van der Waals surface area contributed by atoms with Crippen molar-refractivity contribution in [1.82, 2.24) is 0 Å². The minimum absolute atomic E-state index is 1.14. The molecule has 0 spiro atoms. The van der Waals surface area contributed by atoms with Gasteiger partial charge in [0, 0.05) is 17.1 Å². The Morgan fingerprint density at radius 1 is 0.457 bits per heavy atom. The van der Waals surface area contributed by atoms with Gasteiger partial charge in [-0.05, 0) is 72.5 Å². The highest BCUT2D eigenvalue weighted by Crippen LogP contribution is 2.36. The molecule has 0 N–H and O–H groups in total. The molecule has 0 radical (unpaired) electrons. The van der Waals surface area contributed by atoms with Crippen LogP contribution in [0.25, 0.3) is 23.3 Å². The van der Waals surface area contributed by atoms with Gasteiger partial charge in [-0.25, -0.2) is 0 Å². The van der Waals surface area contributed by atoms with E-state index in [1.54, 1.807) is 0 Å². The number of hydrogen-bond donors (Lipinski definition) is 0. The molecule has 0 bridgehead atoms.